The molecule has 0 aromatic heterocycles. The van der Waals surface area contributed by atoms with E-state index in [0.717, 1.165) is 10.0 Å². The second-order valence-corrected chi connectivity index (χ2v) is 4.94. The number of rotatable bonds is 4. The molecule has 0 saturated heterocycles. The van der Waals surface area contributed by atoms with Crippen molar-refractivity contribution in [3.8, 4) is 0 Å². The van der Waals surface area contributed by atoms with Crippen molar-refractivity contribution in [2.75, 3.05) is 5.32 Å². The Hall–Kier alpha value is -2.02. The standard InChI is InChI=1S/C13H9BrF2N2O2/c14-9-3-1-2-8(4-9)7-17-13-11(16)5-10(15)6-12(13)18(19)20/h1-6,17H,7H2. The van der Waals surface area contributed by atoms with E-state index in [-0.39, 0.29) is 12.2 Å². The van der Waals surface area contributed by atoms with Crippen molar-refractivity contribution in [2.45, 2.75) is 6.54 Å². The fourth-order valence-corrected chi connectivity index (χ4v) is 2.16. The van der Waals surface area contributed by atoms with Gasteiger partial charge in [0.25, 0.3) is 5.69 Å². The molecular formula is C13H9BrF2N2O2. The Morgan fingerprint density at radius 1 is 1.25 bits per heavy atom. The van der Waals surface area contributed by atoms with Gasteiger partial charge in [-0.15, -0.1) is 0 Å². The molecule has 1 N–H and O–H groups in total. The van der Waals surface area contributed by atoms with Crippen molar-refractivity contribution in [2.24, 2.45) is 0 Å². The normalized spacial score (nSPS) is 10.3. The van der Waals surface area contributed by atoms with Gasteiger partial charge in [-0.05, 0) is 17.7 Å². The highest BCUT2D eigenvalue weighted by molar-refractivity contribution is 9.10. The smallest absolute Gasteiger partial charge is 0.298 e. The average Bonchev–Trinajstić information content (AvgIpc) is 2.36. The van der Waals surface area contributed by atoms with Crippen LogP contribution in [0.5, 0.6) is 0 Å². The molecule has 0 spiro atoms. The number of nitro benzene ring substituents is 1. The molecule has 4 nitrogen and oxygen atoms in total. The number of hydrogen-bond acceptors (Lipinski definition) is 3. The van der Waals surface area contributed by atoms with Crippen LogP contribution < -0.4 is 5.32 Å². The van der Waals surface area contributed by atoms with Crippen LogP contribution >= 0.6 is 15.9 Å². The lowest BCUT2D eigenvalue weighted by Gasteiger charge is -2.09. The summed E-state index contributed by atoms with van der Waals surface area (Å²) in [5, 5.41) is 13.4. The molecule has 0 heterocycles. The maximum absolute atomic E-state index is 13.6. The molecule has 0 aliphatic carbocycles. The van der Waals surface area contributed by atoms with Gasteiger partial charge >= 0.3 is 0 Å². The molecule has 0 amide bonds. The Bertz CT molecular complexity index is 665. The van der Waals surface area contributed by atoms with E-state index in [2.05, 4.69) is 21.2 Å². The summed E-state index contributed by atoms with van der Waals surface area (Å²) in [5.41, 5.74) is -0.147. The first kappa shape index (κ1) is 14.4. The molecule has 0 saturated carbocycles. The van der Waals surface area contributed by atoms with E-state index in [4.69, 9.17) is 0 Å². The number of hydrogen-bond donors (Lipinski definition) is 1. The first-order valence-electron chi connectivity index (χ1n) is 5.59. The molecule has 2 rings (SSSR count). The lowest BCUT2D eigenvalue weighted by atomic mass is 10.2. The molecule has 0 atom stereocenters. The Morgan fingerprint density at radius 2 is 2.00 bits per heavy atom. The molecule has 0 bridgehead atoms. The van der Waals surface area contributed by atoms with E-state index in [0.29, 0.717) is 12.1 Å². The first-order chi connectivity index (χ1) is 9.47. The zero-order valence-corrected chi connectivity index (χ0v) is 11.7. The monoisotopic (exact) mass is 342 g/mol. The minimum atomic E-state index is -0.994. The third-order valence-electron chi connectivity index (χ3n) is 2.59. The van der Waals surface area contributed by atoms with Gasteiger partial charge in [-0.2, -0.15) is 0 Å². The summed E-state index contributed by atoms with van der Waals surface area (Å²) in [7, 11) is 0. The summed E-state index contributed by atoms with van der Waals surface area (Å²) >= 11 is 3.29. The highest BCUT2D eigenvalue weighted by Crippen LogP contribution is 2.29. The van der Waals surface area contributed by atoms with Gasteiger partial charge in [0, 0.05) is 17.1 Å². The predicted octanol–water partition coefficient (Wildman–Crippen LogP) is 4.25. The zero-order chi connectivity index (χ0) is 14.7. The lowest BCUT2D eigenvalue weighted by molar-refractivity contribution is -0.384. The predicted molar refractivity (Wildman–Crippen MR) is 74.5 cm³/mol. The number of nitrogens with zero attached hydrogens (tertiary/aromatic N) is 1. The second-order valence-electron chi connectivity index (χ2n) is 4.02. The van der Waals surface area contributed by atoms with E-state index >= 15 is 0 Å². The van der Waals surface area contributed by atoms with Gasteiger partial charge in [0.15, 0.2) is 5.82 Å². The Balaban J connectivity index is 2.27. The van der Waals surface area contributed by atoms with Gasteiger partial charge in [0.05, 0.1) is 11.0 Å². The van der Waals surface area contributed by atoms with E-state index < -0.39 is 22.2 Å². The number of benzene rings is 2. The summed E-state index contributed by atoms with van der Waals surface area (Å²) in [6.07, 6.45) is 0. The average molecular weight is 343 g/mol. The fraction of sp³-hybridized carbons (Fsp3) is 0.0769. The molecule has 0 aliphatic rings. The van der Waals surface area contributed by atoms with Crippen molar-refractivity contribution >= 4 is 27.3 Å². The van der Waals surface area contributed by atoms with Crippen molar-refractivity contribution in [1.82, 2.24) is 0 Å². The van der Waals surface area contributed by atoms with Crippen LogP contribution in [-0.4, -0.2) is 4.92 Å². The van der Waals surface area contributed by atoms with E-state index in [1.165, 1.54) is 0 Å². The molecule has 7 heteroatoms. The minimum absolute atomic E-state index is 0.183. The number of nitro groups is 1. The van der Waals surface area contributed by atoms with Crippen LogP contribution in [-0.2, 0) is 6.54 Å². The highest BCUT2D eigenvalue weighted by atomic mass is 79.9. The van der Waals surface area contributed by atoms with Crippen molar-refractivity contribution in [3.63, 3.8) is 0 Å². The Morgan fingerprint density at radius 3 is 2.65 bits per heavy atom. The van der Waals surface area contributed by atoms with Crippen LogP contribution in [0.15, 0.2) is 40.9 Å². The van der Waals surface area contributed by atoms with Gasteiger partial charge in [-0.25, -0.2) is 8.78 Å². The van der Waals surface area contributed by atoms with Crippen molar-refractivity contribution in [3.05, 3.63) is 68.2 Å². The molecule has 104 valence electrons. The van der Waals surface area contributed by atoms with Gasteiger partial charge in [-0.3, -0.25) is 10.1 Å². The van der Waals surface area contributed by atoms with Crippen LogP contribution in [0.25, 0.3) is 0 Å². The molecule has 0 aliphatic heterocycles. The van der Waals surface area contributed by atoms with Gasteiger partial charge < -0.3 is 5.32 Å². The summed E-state index contributed by atoms with van der Waals surface area (Å²) in [6.45, 7) is 0.183. The molecule has 0 radical (unpaired) electrons. The third kappa shape index (κ3) is 3.30. The summed E-state index contributed by atoms with van der Waals surface area (Å²) in [4.78, 5) is 9.99. The van der Waals surface area contributed by atoms with Crippen molar-refractivity contribution in [1.29, 1.82) is 0 Å². The molecule has 2 aromatic rings. The lowest BCUT2D eigenvalue weighted by Crippen LogP contribution is -2.05. The van der Waals surface area contributed by atoms with Gasteiger partial charge in [0.1, 0.15) is 11.5 Å². The highest BCUT2D eigenvalue weighted by Gasteiger charge is 2.20. The van der Waals surface area contributed by atoms with Crippen LogP contribution in [0.2, 0.25) is 0 Å². The summed E-state index contributed by atoms with van der Waals surface area (Å²) in [6, 6.07) is 8.48. The summed E-state index contributed by atoms with van der Waals surface area (Å²) < 4.78 is 27.5. The van der Waals surface area contributed by atoms with E-state index in [9.17, 15) is 18.9 Å². The molecule has 0 unspecified atom stereocenters. The quantitative estimate of drug-likeness (QED) is 0.667. The Labute approximate surface area is 121 Å². The summed E-state index contributed by atoms with van der Waals surface area (Å²) in [5.74, 6) is -1.98. The van der Waals surface area contributed by atoms with E-state index in [1.54, 1.807) is 18.2 Å². The second kappa shape index (κ2) is 5.96. The Kier molecular flexibility index (Phi) is 4.29. The van der Waals surface area contributed by atoms with E-state index in [1.807, 2.05) is 6.07 Å². The van der Waals surface area contributed by atoms with Gasteiger partial charge in [-0.1, -0.05) is 28.1 Å². The topological polar surface area (TPSA) is 55.2 Å². The minimum Gasteiger partial charge on any atom is -0.373 e. The molecular weight excluding hydrogens is 334 g/mol. The molecule has 0 fully saturated rings. The van der Waals surface area contributed by atoms with Crippen LogP contribution in [0.4, 0.5) is 20.2 Å². The van der Waals surface area contributed by atoms with Crippen LogP contribution in [0.3, 0.4) is 0 Å². The van der Waals surface area contributed by atoms with Gasteiger partial charge in [0.2, 0.25) is 0 Å². The van der Waals surface area contributed by atoms with Crippen LogP contribution in [0.1, 0.15) is 5.56 Å². The SMILES string of the molecule is O=[N+]([O-])c1cc(F)cc(F)c1NCc1cccc(Br)c1. The maximum atomic E-state index is 13.6. The number of anilines is 1. The largest absolute Gasteiger partial charge is 0.373 e. The number of nitrogens with one attached hydrogen (secondary N) is 1. The van der Waals surface area contributed by atoms with Crippen LogP contribution in [0, 0.1) is 21.7 Å². The van der Waals surface area contributed by atoms with Crippen molar-refractivity contribution < 1.29 is 13.7 Å². The zero-order valence-electron chi connectivity index (χ0n) is 10.1. The number of halogens is 3. The third-order valence-corrected chi connectivity index (χ3v) is 3.08. The maximum Gasteiger partial charge on any atom is 0.298 e. The molecule has 20 heavy (non-hydrogen) atoms. The molecule has 2 aromatic carbocycles. The fourth-order valence-electron chi connectivity index (χ4n) is 1.72. The first-order valence-corrected chi connectivity index (χ1v) is 6.38.